The molecule has 0 fully saturated rings. The van der Waals surface area contributed by atoms with Crippen LogP contribution in [0.5, 0.6) is 0 Å². The van der Waals surface area contributed by atoms with Crippen molar-refractivity contribution in [3.8, 4) is 0 Å². The quantitative estimate of drug-likeness (QED) is 0.473. The summed E-state index contributed by atoms with van der Waals surface area (Å²) in [6, 6.07) is 4.16. The minimum atomic E-state index is -0.514. The average Bonchev–Trinajstić information content (AvgIpc) is 2.44. The molecule has 20 heavy (non-hydrogen) atoms. The highest BCUT2D eigenvalue weighted by atomic mass is 32.2. The second-order valence-corrected chi connectivity index (χ2v) is 5.33. The Morgan fingerprint density at radius 2 is 2.25 bits per heavy atom. The summed E-state index contributed by atoms with van der Waals surface area (Å²) in [5, 5.41) is 14.0. The number of hydrogen-bond donors (Lipinski definition) is 1. The molecular formula is C13H18N2O4S. The number of nitro groups is 1. The maximum Gasteiger partial charge on any atom is 0.337 e. The van der Waals surface area contributed by atoms with E-state index in [1.54, 1.807) is 11.8 Å². The molecule has 0 aromatic heterocycles. The van der Waals surface area contributed by atoms with Crippen LogP contribution in [0.3, 0.4) is 0 Å². The number of nitrogens with zero attached hydrogens (tertiary/aromatic N) is 1. The Morgan fingerprint density at radius 1 is 1.55 bits per heavy atom. The maximum atomic E-state index is 11.5. The second-order valence-electron chi connectivity index (χ2n) is 4.42. The van der Waals surface area contributed by atoms with Gasteiger partial charge in [-0.3, -0.25) is 10.1 Å². The van der Waals surface area contributed by atoms with Gasteiger partial charge in [-0.25, -0.2) is 4.79 Å². The van der Waals surface area contributed by atoms with E-state index in [0.29, 0.717) is 18.2 Å². The van der Waals surface area contributed by atoms with E-state index in [2.05, 4.69) is 17.0 Å². The number of anilines is 1. The van der Waals surface area contributed by atoms with E-state index in [1.807, 2.05) is 6.26 Å². The summed E-state index contributed by atoms with van der Waals surface area (Å²) >= 11 is 1.72. The number of carbonyl (C=O) groups is 1. The van der Waals surface area contributed by atoms with Crippen LogP contribution in [-0.2, 0) is 4.74 Å². The number of benzene rings is 1. The minimum Gasteiger partial charge on any atom is -0.465 e. The van der Waals surface area contributed by atoms with Crippen molar-refractivity contribution >= 4 is 29.1 Å². The molecule has 0 heterocycles. The number of nitrogens with one attached hydrogen (secondary N) is 1. The fourth-order valence-electron chi connectivity index (χ4n) is 1.71. The van der Waals surface area contributed by atoms with Crippen LogP contribution >= 0.6 is 11.8 Å². The molecule has 1 rings (SSSR count). The molecule has 0 saturated heterocycles. The van der Waals surface area contributed by atoms with Crippen LogP contribution in [0.2, 0.25) is 0 Å². The lowest BCUT2D eigenvalue weighted by Gasteiger charge is -2.13. The SMILES string of the molecule is COC(=O)c1ccc([N+](=O)[O-])c(NCC(C)CSC)c1. The largest absolute Gasteiger partial charge is 0.465 e. The molecule has 7 heteroatoms. The molecular weight excluding hydrogens is 280 g/mol. The van der Waals surface area contributed by atoms with Gasteiger partial charge in [0.25, 0.3) is 5.69 Å². The normalized spacial score (nSPS) is 11.8. The number of rotatable bonds is 7. The Kier molecular flexibility index (Phi) is 6.30. The van der Waals surface area contributed by atoms with Crippen molar-refractivity contribution in [1.29, 1.82) is 0 Å². The van der Waals surface area contributed by atoms with E-state index >= 15 is 0 Å². The summed E-state index contributed by atoms with van der Waals surface area (Å²) in [4.78, 5) is 22.0. The minimum absolute atomic E-state index is 0.0472. The number of hydrogen-bond acceptors (Lipinski definition) is 6. The van der Waals surface area contributed by atoms with Crippen molar-refractivity contribution in [1.82, 2.24) is 0 Å². The van der Waals surface area contributed by atoms with Gasteiger partial charge in [-0.15, -0.1) is 0 Å². The Hall–Kier alpha value is -1.76. The average molecular weight is 298 g/mol. The molecule has 0 spiro atoms. The third-order valence-electron chi connectivity index (χ3n) is 2.71. The lowest BCUT2D eigenvalue weighted by Crippen LogP contribution is -2.14. The van der Waals surface area contributed by atoms with Crippen LogP contribution in [0.1, 0.15) is 17.3 Å². The summed E-state index contributed by atoms with van der Waals surface area (Å²) in [5.41, 5.74) is 0.581. The summed E-state index contributed by atoms with van der Waals surface area (Å²) in [7, 11) is 1.28. The van der Waals surface area contributed by atoms with Crippen LogP contribution < -0.4 is 5.32 Å². The summed E-state index contributed by atoms with van der Waals surface area (Å²) in [6.45, 7) is 2.66. The van der Waals surface area contributed by atoms with Gasteiger partial charge < -0.3 is 10.1 Å². The Labute approximate surface area is 122 Å². The van der Waals surface area contributed by atoms with Gasteiger partial charge >= 0.3 is 5.97 Å². The van der Waals surface area contributed by atoms with E-state index in [1.165, 1.54) is 25.3 Å². The topological polar surface area (TPSA) is 81.5 Å². The molecule has 0 saturated carbocycles. The summed E-state index contributed by atoms with van der Waals surface area (Å²) in [5.74, 6) is 0.809. The molecule has 0 radical (unpaired) electrons. The fourth-order valence-corrected chi connectivity index (χ4v) is 2.40. The molecule has 1 unspecified atom stereocenters. The highest BCUT2D eigenvalue weighted by molar-refractivity contribution is 7.98. The van der Waals surface area contributed by atoms with E-state index in [-0.39, 0.29) is 11.3 Å². The molecule has 0 aliphatic rings. The zero-order valence-electron chi connectivity index (χ0n) is 11.7. The highest BCUT2D eigenvalue weighted by Gasteiger charge is 2.17. The first-order valence-electron chi connectivity index (χ1n) is 6.09. The number of carbonyl (C=O) groups excluding carboxylic acids is 1. The first kappa shape index (κ1) is 16.3. The van der Waals surface area contributed by atoms with Gasteiger partial charge in [0.05, 0.1) is 17.6 Å². The van der Waals surface area contributed by atoms with Gasteiger partial charge in [0.1, 0.15) is 5.69 Å². The van der Waals surface area contributed by atoms with Crippen molar-refractivity contribution in [2.45, 2.75) is 6.92 Å². The molecule has 1 N–H and O–H groups in total. The number of ether oxygens (including phenoxy) is 1. The smallest absolute Gasteiger partial charge is 0.337 e. The molecule has 110 valence electrons. The van der Waals surface area contributed by atoms with Gasteiger partial charge in [0.15, 0.2) is 0 Å². The molecule has 0 bridgehead atoms. The molecule has 6 nitrogen and oxygen atoms in total. The summed E-state index contributed by atoms with van der Waals surface area (Å²) in [6.07, 6.45) is 2.01. The van der Waals surface area contributed by atoms with Crippen LogP contribution in [-0.4, -0.2) is 36.6 Å². The van der Waals surface area contributed by atoms with Gasteiger partial charge in [-0.1, -0.05) is 6.92 Å². The Morgan fingerprint density at radius 3 is 2.80 bits per heavy atom. The van der Waals surface area contributed by atoms with Gasteiger partial charge in [-0.2, -0.15) is 11.8 Å². The molecule has 1 atom stereocenters. The zero-order valence-corrected chi connectivity index (χ0v) is 12.5. The number of nitro benzene ring substituents is 1. The predicted octanol–water partition coefficient (Wildman–Crippen LogP) is 2.79. The number of thioether (sulfide) groups is 1. The second kappa shape index (κ2) is 7.74. The van der Waals surface area contributed by atoms with Gasteiger partial charge in [0, 0.05) is 12.6 Å². The standard InChI is InChI=1S/C13H18N2O4S/c1-9(8-20-3)7-14-11-6-10(13(16)19-2)4-5-12(11)15(17)18/h4-6,9,14H,7-8H2,1-3H3. The third kappa shape index (κ3) is 4.41. The van der Waals surface area contributed by atoms with Crippen LogP contribution in [0.25, 0.3) is 0 Å². The summed E-state index contributed by atoms with van der Waals surface area (Å²) < 4.78 is 4.62. The molecule has 1 aromatic carbocycles. The molecule has 0 aliphatic carbocycles. The molecule has 1 aromatic rings. The lowest BCUT2D eigenvalue weighted by atomic mass is 10.1. The van der Waals surface area contributed by atoms with Crippen molar-refractivity contribution in [2.24, 2.45) is 5.92 Å². The molecule has 0 aliphatic heterocycles. The Balaban J connectivity index is 2.94. The monoisotopic (exact) mass is 298 g/mol. The van der Waals surface area contributed by atoms with E-state index in [4.69, 9.17) is 0 Å². The zero-order chi connectivity index (χ0) is 15.1. The van der Waals surface area contributed by atoms with Crippen LogP contribution in [0.15, 0.2) is 18.2 Å². The highest BCUT2D eigenvalue weighted by Crippen LogP contribution is 2.26. The first-order valence-corrected chi connectivity index (χ1v) is 7.48. The number of esters is 1. The van der Waals surface area contributed by atoms with E-state index in [0.717, 1.165) is 5.75 Å². The van der Waals surface area contributed by atoms with E-state index < -0.39 is 10.9 Å². The van der Waals surface area contributed by atoms with Gasteiger partial charge in [0.2, 0.25) is 0 Å². The van der Waals surface area contributed by atoms with Crippen molar-refractivity contribution in [2.75, 3.05) is 31.0 Å². The van der Waals surface area contributed by atoms with Crippen LogP contribution in [0.4, 0.5) is 11.4 Å². The third-order valence-corrected chi connectivity index (χ3v) is 3.61. The van der Waals surface area contributed by atoms with Crippen molar-refractivity contribution in [3.05, 3.63) is 33.9 Å². The molecule has 0 amide bonds. The fraction of sp³-hybridized carbons (Fsp3) is 0.462. The van der Waals surface area contributed by atoms with Crippen LogP contribution in [0, 0.1) is 16.0 Å². The maximum absolute atomic E-state index is 11.5. The number of methoxy groups -OCH3 is 1. The van der Waals surface area contributed by atoms with Crippen molar-refractivity contribution in [3.63, 3.8) is 0 Å². The van der Waals surface area contributed by atoms with Crippen molar-refractivity contribution < 1.29 is 14.5 Å². The van der Waals surface area contributed by atoms with E-state index in [9.17, 15) is 14.9 Å². The lowest BCUT2D eigenvalue weighted by molar-refractivity contribution is -0.384. The Bertz CT molecular complexity index is 493. The van der Waals surface area contributed by atoms with Gasteiger partial charge in [-0.05, 0) is 30.1 Å². The predicted molar refractivity (Wildman–Crippen MR) is 80.5 cm³/mol. The first-order chi connectivity index (χ1) is 9.49.